The molecule has 0 aliphatic heterocycles. The quantitative estimate of drug-likeness (QED) is 0.279. The molecule has 0 aliphatic carbocycles. The smallest absolute Gasteiger partial charge is 0.234 e. The minimum atomic E-state index is -0.509. The van der Waals surface area contributed by atoms with Crippen LogP contribution in [0, 0.1) is 11.7 Å². The van der Waals surface area contributed by atoms with E-state index in [0.29, 0.717) is 27.6 Å². The molecule has 136 valence electrons. The minimum absolute atomic E-state index is 0.0623. The number of azide groups is 1. The van der Waals surface area contributed by atoms with Gasteiger partial charge in [-0.15, -0.1) is 0 Å². The number of rotatable bonds is 7. The van der Waals surface area contributed by atoms with Gasteiger partial charge in [0.15, 0.2) is 5.15 Å². The summed E-state index contributed by atoms with van der Waals surface area (Å²) in [5.74, 6) is -1.24. The third-order valence-electron chi connectivity index (χ3n) is 3.60. The molecule has 10 heteroatoms. The average molecular weight is 395 g/mol. The molecule has 2 heterocycles. The number of nitrogens with zero attached hydrogens (tertiary/aromatic N) is 6. The number of carbonyl (C=O) groups excluding carboxylic acids is 1. The van der Waals surface area contributed by atoms with Crippen LogP contribution in [0.2, 0.25) is 5.15 Å². The summed E-state index contributed by atoms with van der Waals surface area (Å²) in [6, 6.07) is 1.27. The number of aromatic nitrogens is 2. The van der Waals surface area contributed by atoms with Crippen LogP contribution >= 0.6 is 22.9 Å². The maximum Gasteiger partial charge on any atom is 0.234 e. The van der Waals surface area contributed by atoms with Crippen LogP contribution in [0.5, 0.6) is 0 Å². The molecular weight excluding hydrogens is 379 g/mol. The molecule has 1 amide bonds. The van der Waals surface area contributed by atoms with Crippen molar-refractivity contribution in [1.29, 1.82) is 0 Å². The Morgan fingerprint density at radius 1 is 1.58 bits per heavy atom. The topological polar surface area (TPSA) is 94.9 Å². The fourth-order valence-corrected chi connectivity index (χ4v) is 3.65. The maximum atomic E-state index is 13.4. The van der Waals surface area contributed by atoms with Gasteiger partial charge in [-0.3, -0.25) is 14.7 Å². The summed E-state index contributed by atoms with van der Waals surface area (Å²) in [6.45, 7) is 7.23. The van der Waals surface area contributed by atoms with Gasteiger partial charge >= 0.3 is 0 Å². The van der Waals surface area contributed by atoms with Gasteiger partial charge in [0, 0.05) is 16.7 Å². The maximum absolute atomic E-state index is 13.4. The zero-order valence-corrected chi connectivity index (χ0v) is 15.8. The van der Waals surface area contributed by atoms with Crippen LogP contribution in [0.4, 0.5) is 9.39 Å². The van der Waals surface area contributed by atoms with Crippen LogP contribution in [0.25, 0.3) is 21.0 Å². The molecule has 1 atom stereocenters. The van der Waals surface area contributed by atoms with E-state index in [0.717, 1.165) is 17.5 Å². The third-order valence-corrected chi connectivity index (χ3v) is 5.10. The lowest BCUT2D eigenvalue weighted by Crippen LogP contribution is -2.36. The van der Waals surface area contributed by atoms with E-state index in [1.54, 1.807) is 6.92 Å². The summed E-state index contributed by atoms with van der Waals surface area (Å²) in [7, 11) is 0. The van der Waals surface area contributed by atoms with Crippen molar-refractivity contribution in [2.45, 2.75) is 20.3 Å². The van der Waals surface area contributed by atoms with Crippen molar-refractivity contribution in [2.75, 3.05) is 11.6 Å². The molecule has 0 saturated carbocycles. The molecule has 0 N–H and O–H groups in total. The highest BCUT2D eigenvalue weighted by molar-refractivity contribution is 7.19. The fraction of sp³-hybridized carbons (Fsp3) is 0.312. The number of hydrogen-bond donors (Lipinski definition) is 0. The van der Waals surface area contributed by atoms with Crippen LogP contribution in [0.1, 0.15) is 20.3 Å². The van der Waals surface area contributed by atoms with Crippen molar-refractivity contribution in [2.24, 2.45) is 11.0 Å². The Balaban J connectivity index is 2.47. The van der Waals surface area contributed by atoms with Crippen molar-refractivity contribution in [3.05, 3.63) is 52.0 Å². The normalized spacial score (nSPS) is 11.5. The van der Waals surface area contributed by atoms with Crippen LogP contribution < -0.4 is 4.90 Å². The molecule has 0 aliphatic rings. The van der Waals surface area contributed by atoms with E-state index in [9.17, 15) is 9.18 Å². The van der Waals surface area contributed by atoms with Crippen LogP contribution in [0.3, 0.4) is 0 Å². The lowest BCUT2D eigenvalue weighted by atomic mass is 9.97. The molecule has 0 aromatic carbocycles. The number of hydrogen-bond acceptors (Lipinski definition) is 5. The molecule has 2 aromatic heterocycles. The summed E-state index contributed by atoms with van der Waals surface area (Å²) in [4.78, 5) is 24.9. The summed E-state index contributed by atoms with van der Waals surface area (Å²) in [5, 5.41) is 4.27. The lowest BCUT2D eigenvalue weighted by molar-refractivity contribution is -0.121. The molecule has 2 aromatic rings. The van der Waals surface area contributed by atoms with Gasteiger partial charge in [0.25, 0.3) is 0 Å². The summed E-state index contributed by atoms with van der Waals surface area (Å²) < 4.78 is 13.4. The molecule has 0 saturated heterocycles. The molecule has 0 spiro atoms. The highest BCUT2D eigenvalue weighted by Crippen LogP contribution is 2.38. The number of thiazole rings is 1. The van der Waals surface area contributed by atoms with Crippen molar-refractivity contribution in [3.8, 4) is 10.6 Å². The van der Waals surface area contributed by atoms with E-state index in [1.807, 2.05) is 6.92 Å². The van der Waals surface area contributed by atoms with E-state index in [4.69, 9.17) is 17.1 Å². The Bertz CT molecular complexity index is 879. The van der Waals surface area contributed by atoms with Gasteiger partial charge in [-0.1, -0.05) is 47.1 Å². The van der Waals surface area contributed by atoms with Gasteiger partial charge < -0.3 is 0 Å². The molecule has 7 nitrogen and oxygen atoms in total. The van der Waals surface area contributed by atoms with E-state index in [1.165, 1.54) is 17.2 Å². The number of pyridine rings is 1. The standard InChI is InChI=1S/C16H16ClFN6OS/c1-4-12(9(2)3)15(25)24(8-21-23-19)16-13(17)22-14(26-16)10-5-11(18)7-20-6-10/h5-7,12H,2,4,8H2,1,3H3. The van der Waals surface area contributed by atoms with Gasteiger partial charge in [-0.2, -0.15) is 0 Å². The number of carbonyl (C=O) groups is 1. The van der Waals surface area contributed by atoms with Crippen LogP contribution in [-0.4, -0.2) is 22.5 Å². The second kappa shape index (κ2) is 8.75. The SMILES string of the molecule is C=C(C)C(CC)C(=O)N(CN=[N+]=[N-])c1sc(-c2cncc(F)c2)nc1Cl. The first-order chi connectivity index (χ1) is 12.4. The zero-order chi connectivity index (χ0) is 19.3. The fourth-order valence-electron chi connectivity index (χ4n) is 2.36. The van der Waals surface area contributed by atoms with Crippen molar-refractivity contribution < 1.29 is 9.18 Å². The highest BCUT2D eigenvalue weighted by Gasteiger charge is 2.28. The largest absolute Gasteiger partial charge is 0.295 e. The Morgan fingerprint density at radius 2 is 2.31 bits per heavy atom. The number of amides is 1. The van der Waals surface area contributed by atoms with Crippen molar-refractivity contribution >= 4 is 33.8 Å². The van der Waals surface area contributed by atoms with Crippen molar-refractivity contribution in [1.82, 2.24) is 9.97 Å². The first-order valence-electron chi connectivity index (χ1n) is 7.63. The Morgan fingerprint density at radius 3 is 2.88 bits per heavy atom. The Kier molecular flexibility index (Phi) is 6.68. The molecule has 0 bridgehead atoms. The van der Waals surface area contributed by atoms with E-state index in [2.05, 4.69) is 26.6 Å². The number of halogens is 2. The molecule has 0 fully saturated rings. The summed E-state index contributed by atoms with van der Waals surface area (Å²) >= 11 is 7.30. The predicted molar refractivity (Wildman–Crippen MR) is 100 cm³/mol. The van der Waals surface area contributed by atoms with Crippen molar-refractivity contribution in [3.63, 3.8) is 0 Å². The summed E-state index contributed by atoms with van der Waals surface area (Å²) in [5.41, 5.74) is 9.77. The predicted octanol–water partition coefficient (Wildman–Crippen LogP) is 5.20. The van der Waals surface area contributed by atoms with Crippen LogP contribution in [0.15, 0.2) is 35.7 Å². The second-order valence-corrected chi connectivity index (χ2v) is 6.79. The zero-order valence-electron chi connectivity index (χ0n) is 14.2. The van der Waals surface area contributed by atoms with Gasteiger partial charge in [0.1, 0.15) is 22.5 Å². The molecule has 0 radical (unpaired) electrons. The van der Waals surface area contributed by atoms with E-state index < -0.39 is 11.7 Å². The Hall–Kier alpha value is -2.48. The molecule has 2 rings (SSSR count). The second-order valence-electron chi connectivity index (χ2n) is 5.45. The average Bonchev–Trinajstić information content (AvgIpc) is 2.97. The van der Waals surface area contributed by atoms with E-state index >= 15 is 0 Å². The Labute approximate surface area is 158 Å². The monoisotopic (exact) mass is 394 g/mol. The highest BCUT2D eigenvalue weighted by atomic mass is 35.5. The van der Waals surface area contributed by atoms with Gasteiger partial charge in [0.05, 0.1) is 12.1 Å². The van der Waals surface area contributed by atoms with Gasteiger partial charge in [0.2, 0.25) is 5.91 Å². The molecule has 1 unspecified atom stereocenters. The van der Waals surface area contributed by atoms with Crippen LogP contribution in [-0.2, 0) is 4.79 Å². The summed E-state index contributed by atoms with van der Waals surface area (Å²) in [6.07, 6.45) is 3.07. The number of anilines is 1. The minimum Gasteiger partial charge on any atom is -0.295 e. The first-order valence-corrected chi connectivity index (χ1v) is 8.83. The van der Waals surface area contributed by atoms with Gasteiger partial charge in [-0.25, -0.2) is 9.37 Å². The third kappa shape index (κ3) is 4.37. The van der Waals surface area contributed by atoms with Gasteiger partial charge in [-0.05, 0) is 24.9 Å². The molecular formula is C16H16ClFN6OS. The lowest BCUT2D eigenvalue weighted by Gasteiger charge is -2.24. The first kappa shape index (κ1) is 19.8. The molecule has 26 heavy (non-hydrogen) atoms. The van der Waals surface area contributed by atoms with E-state index in [-0.39, 0.29) is 17.7 Å².